The molecule has 43 heavy (non-hydrogen) atoms. The van der Waals surface area contributed by atoms with E-state index in [9.17, 15) is 19.2 Å². The SMILES string of the molecule is Cc1ccc(C(C(=O)Nc2ccc3ccccc3c2)N(C(=O)C(CCC(N)=O)NC(=O)OC(C)(C)C)C2CCC2)cc1C. The number of nitrogens with two attached hydrogens (primary N) is 1. The highest BCUT2D eigenvalue weighted by atomic mass is 16.6. The fraction of sp³-hybridized carbons (Fsp3) is 0.412. The highest BCUT2D eigenvalue weighted by Crippen LogP contribution is 2.35. The van der Waals surface area contributed by atoms with Gasteiger partial charge in [-0.1, -0.05) is 48.5 Å². The van der Waals surface area contributed by atoms with E-state index in [-0.39, 0.29) is 24.8 Å². The van der Waals surface area contributed by atoms with Crippen LogP contribution in [0.4, 0.5) is 10.5 Å². The molecule has 4 amide bonds. The summed E-state index contributed by atoms with van der Waals surface area (Å²) in [6, 6.07) is 17.0. The predicted octanol–water partition coefficient (Wildman–Crippen LogP) is 5.68. The van der Waals surface area contributed by atoms with Gasteiger partial charge in [0.25, 0.3) is 5.91 Å². The molecule has 3 aromatic carbocycles. The van der Waals surface area contributed by atoms with Crippen LogP contribution >= 0.6 is 0 Å². The highest BCUT2D eigenvalue weighted by molar-refractivity contribution is 6.00. The first-order valence-electron chi connectivity index (χ1n) is 14.8. The second-order valence-corrected chi connectivity index (χ2v) is 12.3. The van der Waals surface area contributed by atoms with E-state index in [4.69, 9.17) is 10.5 Å². The van der Waals surface area contributed by atoms with Gasteiger partial charge in [0.15, 0.2) is 0 Å². The molecular formula is C34H42N4O5. The number of amides is 4. The number of carbonyl (C=O) groups is 4. The van der Waals surface area contributed by atoms with E-state index in [1.807, 2.05) is 74.5 Å². The van der Waals surface area contributed by atoms with E-state index >= 15 is 0 Å². The maximum Gasteiger partial charge on any atom is 0.408 e. The van der Waals surface area contributed by atoms with Gasteiger partial charge in [0.1, 0.15) is 17.7 Å². The summed E-state index contributed by atoms with van der Waals surface area (Å²) in [6.07, 6.45) is 1.40. The number of fused-ring (bicyclic) bond motifs is 1. The molecule has 0 aliphatic heterocycles. The summed E-state index contributed by atoms with van der Waals surface area (Å²) in [6.45, 7) is 9.12. The summed E-state index contributed by atoms with van der Waals surface area (Å²) >= 11 is 0. The van der Waals surface area contributed by atoms with Crippen LogP contribution in [0, 0.1) is 13.8 Å². The van der Waals surface area contributed by atoms with Crippen LogP contribution in [0.25, 0.3) is 10.8 Å². The van der Waals surface area contributed by atoms with Crippen molar-refractivity contribution < 1.29 is 23.9 Å². The quantitative estimate of drug-likeness (QED) is 0.282. The second-order valence-electron chi connectivity index (χ2n) is 12.3. The summed E-state index contributed by atoms with van der Waals surface area (Å²) in [5, 5.41) is 7.72. The van der Waals surface area contributed by atoms with Gasteiger partial charge in [-0.25, -0.2) is 4.79 Å². The molecule has 1 saturated carbocycles. The van der Waals surface area contributed by atoms with Gasteiger partial charge < -0.3 is 26.0 Å². The Morgan fingerprint density at radius 3 is 2.26 bits per heavy atom. The van der Waals surface area contributed by atoms with Crippen LogP contribution in [-0.4, -0.2) is 46.4 Å². The minimum Gasteiger partial charge on any atom is -0.444 e. The molecule has 0 saturated heterocycles. The van der Waals surface area contributed by atoms with Gasteiger partial charge in [-0.15, -0.1) is 0 Å². The molecule has 2 unspecified atom stereocenters. The Kier molecular flexibility index (Phi) is 9.73. The molecule has 3 aromatic rings. The number of nitrogens with one attached hydrogen (secondary N) is 2. The number of nitrogens with zero attached hydrogens (tertiary/aromatic N) is 1. The normalized spacial score (nSPS) is 14.7. The van der Waals surface area contributed by atoms with Crippen LogP contribution in [0.1, 0.15) is 75.6 Å². The Balaban J connectivity index is 1.74. The van der Waals surface area contributed by atoms with Crippen LogP contribution < -0.4 is 16.4 Å². The number of carbonyl (C=O) groups excluding carboxylic acids is 4. The third-order valence-electron chi connectivity index (χ3n) is 7.78. The molecule has 0 radical (unpaired) electrons. The third-order valence-corrected chi connectivity index (χ3v) is 7.78. The van der Waals surface area contributed by atoms with Gasteiger partial charge >= 0.3 is 6.09 Å². The topological polar surface area (TPSA) is 131 Å². The van der Waals surface area contributed by atoms with Gasteiger partial charge in [0.2, 0.25) is 11.8 Å². The molecule has 4 N–H and O–H groups in total. The smallest absolute Gasteiger partial charge is 0.408 e. The Morgan fingerprint density at radius 1 is 0.953 bits per heavy atom. The number of aryl methyl sites for hydroxylation is 2. The largest absolute Gasteiger partial charge is 0.444 e. The maximum absolute atomic E-state index is 14.4. The average Bonchev–Trinajstić information content (AvgIpc) is 2.90. The van der Waals surface area contributed by atoms with E-state index in [0.29, 0.717) is 24.1 Å². The second kappa shape index (κ2) is 13.3. The summed E-state index contributed by atoms with van der Waals surface area (Å²) in [5.74, 6) is -1.43. The minimum absolute atomic E-state index is 0.0252. The Bertz CT molecular complexity index is 1510. The predicted molar refractivity (Wildman–Crippen MR) is 167 cm³/mol. The number of primary amides is 1. The zero-order chi connectivity index (χ0) is 31.3. The number of hydrogen-bond acceptors (Lipinski definition) is 5. The number of ether oxygens (including phenoxy) is 1. The van der Waals surface area contributed by atoms with Crippen LogP contribution in [-0.2, 0) is 19.1 Å². The fourth-order valence-corrected chi connectivity index (χ4v) is 5.21. The van der Waals surface area contributed by atoms with Crippen molar-refractivity contribution in [3.8, 4) is 0 Å². The lowest BCUT2D eigenvalue weighted by Crippen LogP contribution is -2.57. The molecule has 228 valence electrons. The molecule has 0 aromatic heterocycles. The van der Waals surface area contributed by atoms with Gasteiger partial charge in [-0.2, -0.15) is 0 Å². The molecule has 0 heterocycles. The third kappa shape index (κ3) is 8.12. The first kappa shape index (κ1) is 31.5. The van der Waals surface area contributed by atoms with Crippen molar-refractivity contribution in [2.75, 3.05) is 5.32 Å². The number of benzene rings is 3. The van der Waals surface area contributed by atoms with Gasteiger partial charge in [-0.05, 0) is 99.9 Å². The van der Waals surface area contributed by atoms with Crippen molar-refractivity contribution in [2.45, 2.75) is 90.4 Å². The van der Waals surface area contributed by atoms with Crippen LogP contribution in [0.15, 0.2) is 60.7 Å². The summed E-state index contributed by atoms with van der Waals surface area (Å²) in [5.41, 5.74) is 7.95. The standard InChI is InChI=1S/C34H42N4O5/c1-21-13-14-25(19-22(21)2)30(31(40)36-26-16-15-23-9-6-7-10-24(23)20-26)38(27-11-8-12-27)32(41)28(17-18-29(35)39)37-33(42)43-34(3,4)5/h6-7,9-10,13-16,19-20,27-28,30H,8,11-12,17-18H2,1-5H3,(H2,35,39)(H,36,40)(H,37,42). The van der Waals surface area contributed by atoms with Gasteiger partial charge in [0.05, 0.1) is 0 Å². The first-order valence-corrected chi connectivity index (χ1v) is 14.8. The van der Waals surface area contributed by atoms with Crippen molar-refractivity contribution in [3.63, 3.8) is 0 Å². The highest BCUT2D eigenvalue weighted by Gasteiger charge is 2.42. The van der Waals surface area contributed by atoms with E-state index in [1.54, 1.807) is 25.7 Å². The Hall–Kier alpha value is -4.40. The number of alkyl carbamates (subject to hydrolysis) is 1. The zero-order valence-corrected chi connectivity index (χ0v) is 25.6. The molecule has 4 rings (SSSR count). The van der Waals surface area contributed by atoms with Crippen LogP contribution in [0.3, 0.4) is 0 Å². The average molecular weight is 587 g/mol. The number of hydrogen-bond donors (Lipinski definition) is 3. The van der Waals surface area contributed by atoms with Crippen molar-refractivity contribution in [1.29, 1.82) is 0 Å². The summed E-state index contributed by atoms with van der Waals surface area (Å²) in [4.78, 5) is 54.8. The molecule has 9 heteroatoms. The number of anilines is 1. The van der Waals surface area contributed by atoms with Crippen molar-refractivity contribution >= 4 is 40.3 Å². The lowest BCUT2D eigenvalue weighted by atomic mass is 9.87. The van der Waals surface area contributed by atoms with E-state index in [0.717, 1.165) is 28.3 Å². The van der Waals surface area contributed by atoms with Crippen molar-refractivity contribution in [1.82, 2.24) is 10.2 Å². The lowest BCUT2D eigenvalue weighted by molar-refractivity contribution is -0.146. The molecule has 0 bridgehead atoms. The van der Waals surface area contributed by atoms with Crippen molar-refractivity contribution in [3.05, 3.63) is 77.4 Å². The Morgan fingerprint density at radius 2 is 1.65 bits per heavy atom. The van der Waals surface area contributed by atoms with E-state index in [2.05, 4.69) is 10.6 Å². The molecule has 0 spiro atoms. The first-order chi connectivity index (χ1) is 20.3. The molecule has 1 aliphatic rings. The molecule has 1 aliphatic carbocycles. The summed E-state index contributed by atoms with van der Waals surface area (Å²) in [7, 11) is 0. The van der Waals surface area contributed by atoms with Crippen LogP contribution in [0.5, 0.6) is 0 Å². The van der Waals surface area contributed by atoms with E-state index in [1.165, 1.54) is 0 Å². The monoisotopic (exact) mass is 586 g/mol. The zero-order valence-electron chi connectivity index (χ0n) is 25.6. The number of rotatable bonds is 10. The van der Waals surface area contributed by atoms with Gasteiger partial charge in [-0.3, -0.25) is 14.4 Å². The summed E-state index contributed by atoms with van der Waals surface area (Å²) < 4.78 is 5.43. The molecule has 9 nitrogen and oxygen atoms in total. The molecule has 2 atom stereocenters. The molecular weight excluding hydrogens is 544 g/mol. The Labute approximate surface area is 253 Å². The molecule has 1 fully saturated rings. The van der Waals surface area contributed by atoms with E-state index < -0.39 is 35.6 Å². The fourth-order valence-electron chi connectivity index (χ4n) is 5.21. The van der Waals surface area contributed by atoms with Crippen molar-refractivity contribution in [2.24, 2.45) is 5.73 Å². The van der Waals surface area contributed by atoms with Gasteiger partial charge in [0, 0.05) is 18.2 Å². The van der Waals surface area contributed by atoms with Crippen LogP contribution in [0.2, 0.25) is 0 Å². The lowest BCUT2D eigenvalue weighted by Gasteiger charge is -2.43. The minimum atomic E-state index is -1.12. The maximum atomic E-state index is 14.4.